The van der Waals surface area contributed by atoms with Gasteiger partial charge in [-0.3, -0.25) is 38.7 Å². The molecule has 0 spiro atoms. The Hall–Kier alpha value is -6.04. The summed E-state index contributed by atoms with van der Waals surface area (Å²) >= 11 is 0. The van der Waals surface area contributed by atoms with Crippen LogP contribution in [0.2, 0.25) is 36.3 Å². The van der Waals surface area contributed by atoms with Crippen molar-refractivity contribution in [2.45, 2.75) is 104 Å². The third kappa shape index (κ3) is 17.0. The first-order valence-corrected chi connectivity index (χ1v) is 29.5. The molecule has 0 bridgehead atoms. The highest BCUT2D eigenvalue weighted by Crippen LogP contribution is 2.39. The van der Waals surface area contributed by atoms with E-state index in [0.29, 0.717) is 13.2 Å². The van der Waals surface area contributed by atoms with Crippen molar-refractivity contribution in [3.05, 3.63) is 145 Å². The van der Waals surface area contributed by atoms with Crippen molar-refractivity contribution >= 4 is 29.0 Å². The number of pyridine rings is 4. The lowest BCUT2D eigenvalue weighted by Crippen LogP contribution is -2.40. The SMILES string of the molecule is CO.Cl.Cn1ccc(-c2ncccc2CO)n1.Cn1ccc(-c2ncccc2CO[Si](C)(C)C(C)(C)C)n1.Cn1nccc1-c1ncccc1CO.Cn1nccc1-c1ncccc1CO[Si](C)(C)C(C)(C)C. The molecule has 394 valence electrons. The summed E-state index contributed by atoms with van der Waals surface area (Å²) in [5, 5.41) is 42.6. The molecule has 0 aromatic carbocycles. The Morgan fingerprint density at radius 1 is 0.466 bits per heavy atom. The highest BCUT2D eigenvalue weighted by atomic mass is 35.5. The molecule has 8 rings (SSSR count). The van der Waals surface area contributed by atoms with Gasteiger partial charge in [-0.05, 0) is 84.8 Å². The Bertz CT molecular complexity index is 2880. The van der Waals surface area contributed by atoms with Gasteiger partial charge < -0.3 is 24.2 Å². The minimum absolute atomic E-state index is 0. The molecule has 8 aromatic heterocycles. The van der Waals surface area contributed by atoms with Crippen molar-refractivity contribution in [2.24, 2.45) is 28.2 Å². The summed E-state index contributed by atoms with van der Waals surface area (Å²) in [5.41, 5.74) is 10.8. The molecule has 0 aliphatic heterocycles. The zero-order chi connectivity index (χ0) is 53.3. The lowest BCUT2D eigenvalue weighted by atomic mass is 10.1. The van der Waals surface area contributed by atoms with Crippen LogP contribution in [0.5, 0.6) is 0 Å². The van der Waals surface area contributed by atoms with E-state index in [-0.39, 0.29) is 35.7 Å². The summed E-state index contributed by atoms with van der Waals surface area (Å²) in [6.07, 6.45) is 14.3. The fraction of sp³-hybridized carbons (Fsp3) is 0.396. The third-order valence-corrected chi connectivity index (χ3v) is 21.7. The fourth-order valence-electron chi connectivity index (χ4n) is 6.41. The topological polar surface area (TPSA) is 202 Å². The minimum atomic E-state index is -1.76. The first-order chi connectivity index (χ1) is 34.1. The van der Waals surface area contributed by atoms with Crippen molar-refractivity contribution in [1.29, 1.82) is 0 Å². The van der Waals surface area contributed by atoms with Crippen molar-refractivity contribution in [3.63, 3.8) is 0 Å². The van der Waals surface area contributed by atoms with Crippen LogP contribution in [0, 0.1) is 0 Å². The Kier molecular flexibility index (Phi) is 23.4. The predicted molar refractivity (Wildman–Crippen MR) is 297 cm³/mol. The molecule has 0 radical (unpaired) electrons. The zero-order valence-corrected chi connectivity index (χ0v) is 48.1. The quantitative estimate of drug-likeness (QED) is 0.0977. The van der Waals surface area contributed by atoms with E-state index in [9.17, 15) is 0 Å². The Balaban J connectivity index is 0.000000257. The van der Waals surface area contributed by atoms with Gasteiger partial charge >= 0.3 is 0 Å². The van der Waals surface area contributed by atoms with Gasteiger partial charge in [0.05, 0.1) is 60.6 Å². The lowest BCUT2D eigenvalue weighted by Gasteiger charge is -2.36. The van der Waals surface area contributed by atoms with E-state index in [0.717, 1.165) is 74.9 Å². The van der Waals surface area contributed by atoms with Crippen LogP contribution in [-0.4, -0.2) is 98.1 Å². The zero-order valence-electron chi connectivity index (χ0n) is 45.3. The van der Waals surface area contributed by atoms with Crippen LogP contribution in [0.25, 0.3) is 45.6 Å². The van der Waals surface area contributed by atoms with Crippen LogP contribution in [0.15, 0.2) is 122 Å². The molecule has 73 heavy (non-hydrogen) atoms. The van der Waals surface area contributed by atoms with E-state index >= 15 is 0 Å². The molecule has 0 fully saturated rings. The maximum atomic E-state index is 9.14. The number of aryl methyl sites for hydroxylation is 4. The average molecular weight is 1050 g/mol. The van der Waals surface area contributed by atoms with Gasteiger partial charge in [-0.2, -0.15) is 20.4 Å². The fourth-order valence-corrected chi connectivity index (χ4v) is 8.31. The minimum Gasteiger partial charge on any atom is -0.412 e. The standard InChI is InChI=1S/2C16H25N3OSi.2C10H11N3O.CH4O.ClH/c1-16(2,3)21(5,6)20-12-13-8-7-10-17-15(13)14-9-11-19(4)18-14;1-16(2,3)21(5,6)20-12-13-8-7-10-17-15(13)14-9-11-18-19(14)4;1-13-6-4-9(12-13)10-8(7-14)3-2-5-11-10;1-13-9(4-6-12-13)10-8(7-14)3-2-5-11-10;1-2;/h2*7-11H,12H2,1-6H3;2*2-6,14H,7H2,1H3;2H,1H3;1H. The van der Waals surface area contributed by atoms with Crippen molar-refractivity contribution < 1.29 is 24.2 Å². The normalized spacial score (nSPS) is 11.4. The van der Waals surface area contributed by atoms with Gasteiger partial charge in [0.25, 0.3) is 0 Å². The van der Waals surface area contributed by atoms with Crippen molar-refractivity contribution in [3.8, 4) is 45.6 Å². The van der Waals surface area contributed by atoms with Crippen molar-refractivity contribution in [1.82, 2.24) is 59.1 Å². The smallest absolute Gasteiger partial charge is 0.192 e. The van der Waals surface area contributed by atoms with E-state index in [2.05, 4.69) is 120 Å². The predicted octanol–water partition coefficient (Wildman–Crippen LogP) is 9.99. The van der Waals surface area contributed by atoms with Gasteiger partial charge in [-0.25, -0.2) is 0 Å². The Morgan fingerprint density at radius 3 is 1.10 bits per heavy atom. The van der Waals surface area contributed by atoms with E-state index in [1.54, 1.807) is 51.1 Å². The first-order valence-electron chi connectivity index (χ1n) is 23.7. The summed E-state index contributed by atoms with van der Waals surface area (Å²) < 4.78 is 19.7. The van der Waals surface area contributed by atoms with Crippen LogP contribution >= 0.6 is 12.4 Å². The number of nitrogens with zero attached hydrogens (tertiary/aromatic N) is 12. The molecule has 0 saturated heterocycles. The number of halogens is 1. The number of rotatable bonds is 12. The van der Waals surface area contributed by atoms with Crippen LogP contribution in [-0.2, 0) is 63.5 Å². The second kappa shape index (κ2) is 27.9. The summed E-state index contributed by atoms with van der Waals surface area (Å²) in [4.78, 5) is 17.4. The molecule has 0 aliphatic carbocycles. The number of aliphatic hydroxyl groups excluding tert-OH is 3. The van der Waals surface area contributed by atoms with Crippen LogP contribution in [0.4, 0.5) is 0 Å². The second-order valence-electron chi connectivity index (χ2n) is 19.9. The number of hydrogen-bond acceptors (Lipinski definition) is 13. The number of hydrogen-bond donors (Lipinski definition) is 3. The highest BCUT2D eigenvalue weighted by molar-refractivity contribution is 6.74. The molecule has 8 aromatic rings. The molecule has 20 heteroatoms. The van der Waals surface area contributed by atoms with E-state index in [1.807, 2.05) is 106 Å². The molecule has 0 amide bonds. The summed E-state index contributed by atoms with van der Waals surface area (Å²) in [7, 11) is 5.03. The number of aliphatic hydroxyl groups is 3. The summed E-state index contributed by atoms with van der Waals surface area (Å²) in [6, 6.07) is 23.1. The van der Waals surface area contributed by atoms with Gasteiger partial charge in [0.1, 0.15) is 11.4 Å². The Morgan fingerprint density at radius 2 is 0.781 bits per heavy atom. The Labute approximate surface area is 440 Å². The van der Waals surface area contributed by atoms with Gasteiger partial charge in [0.15, 0.2) is 16.6 Å². The van der Waals surface area contributed by atoms with Gasteiger partial charge in [-0.1, -0.05) is 65.8 Å². The van der Waals surface area contributed by atoms with E-state index in [1.165, 1.54) is 0 Å². The molecule has 0 saturated carbocycles. The van der Waals surface area contributed by atoms with Crippen LogP contribution in [0.3, 0.4) is 0 Å². The maximum absolute atomic E-state index is 9.14. The maximum Gasteiger partial charge on any atom is 0.192 e. The van der Waals surface area contributed by atoms with Gasteiger partial charge in [-0.15, -0.1) is 12.4 Å². The monoisotopic (exact) mass is 1050 g/mol. The first kappa shape index (κ1) is 61.3. The molecule has 0 atom stereocenters. The lowest BCUT2D eigenvalue weighted by molar-refractivity contribution is 0.276. The third-order valence-electron chi connectivity index (χ3n) is 12.7. The highest BCUT2D eigenvalue weighted by Gasteiger charge is 2.38. The van der Waals surface area contributed by atoms with E-state index in [4.69, 9.17) is 24.2 Å². The van der Waals surface area contributed by atoms with E-state index < -0.39 is 16.6 Å². The molecule has 3 N–H and O–H groups in total. The summed E-state index contributed by atoms with van der Waals surface area (Å²) in [6.45, 7) is 23.8. The largest absolute Gasteiger partial charge is 0.412 e. The molecule has 8 heterocycles. The summed E-state index contributed by atoms with van der Waals surface area (Å²) in [5.74, 6) is 0. The van der Waals surface area contributed by atoms with Gasteiger partial charge in [0, 0.05) is 107 Å². The molecule has 17 nitrogen and oxygen atoms in total. The van der Waals surface area contributed by atoms with Crippen LogP contribution < -0.4 is 0 Å². The van der Waals surface area contributed by atoms with Crippen molar-refractivity contribution in [2.75, 3.05) is 7.11 Å². The molecular formula is C53H77ClN12O5Si2. The second-order valence-corrected chi connectivity index (χ2v) is 29.5. The van der Waals surface area contributed by atoms with Crippen LogP contribution in [0.1, 0.15) is 63.8 Å². The average Bonchev–Trinajstić information content (AvgIpc) is 4.20. The molecule has 0 unspecified atom stereocenters. The van der Waals surface area contributed by atoms with Gasteiger partial charge in [0.2, 0.25) is 0 Å². The molecular weight excluding hydrogens is 976 g/mol. The molecule has 0 aliphatic rings. The number of aromatic nitrogens is 12.